The van der Waals surface area contributed by atoms with Gasteiger partial charge < -0.3 is 5.11 Å². The topological polar surface area (TPSA) is 37.3 Å². The number of rotatable bonds is 11. The molecule has 0 fully saturated rings. The molecule has 0 aliphatic heterocycles. The monoisotopic (exact) mass is 230 g/mol. The molecular weight excluding hydrogens is 207 g/mol. The lowest BCUT2D eigenvalue weighted by molar-refractivity contribution is -0.137. The molecule has 0 spiro atoms. The Labute approximate surface area is 97.6 Å². The number of carbonyl (C=O) groups is 1. The van der Waals surface area contributed by atoms with Gasteiger partial charge in [0.1, 0.15) is 0 Å². The molecule has 0 bridgehead atoms. The lowest BCUT2D eigenvalue weighted by Gasteiger charge is -2.01. The Morgan fingerprint density at radius 1 is 0.875 bits per heavy atom. The van der Waals surface area contributed by atoms with Gasteiger partial charge in [0, 0.05) is 6.42 Å². The highest BCUT2D eigenvalue weighted by Crippen LogP contribution is 2.12. The third-order valence-electron chi connectivity index (χ3n) is 2.59. The summed E-state index contributed by atoms with van der Waals surface area (Å²) in [6, 6.07) is 0. The first-order valence-electron chi connectivity index (χ1n) is 6.18. The van der Waals surface area contributed by atoms with Gasteiger partial charge in [-0.25, -0.2) is 4.39 Å². The molecule has 0 aliphatic rings. The van der Waals surface area contributed by atoms with E-state index in [9.17, 15) is 9.18 Å². The number of aliphatic carboxylic acids is 1. The summed E-state index contributed by atoms with van der Waals surface area (Å²) in [4.78, 5) is 10.2. The van der Waals surface area contributed by atoms with Crippen molar-refractivity contribution >= 4 is 5.97 Å². The Balaban J connectivity index is 2.98. The van der Waals surface area contributed by atoms with Gasteiger partial charge in [0.15, 0.2) is 0 Å². The number of unbranched alkanes of at least 4 members (excludes halogenated alkanes) is 7. The van der Waals surface area contributed by atoms with Crippen LogP contribution in [-0.4, -0.2) is 11.1 Å². The first-order valence-corrected chi connectivity index (χ1v) is 6.18. The number of carboxylic acids is 1. The van der Waals surface area contributed by atoms with Gasteiger partial charge in [0.2, 0.25) is 0 Å². The number of allylic oxidation sites excluding steroid dienone is 1. The number of hydrogen-bond acceptors (Lipinski definition) is 1. The van der Waals surface area contributed by atoms with Crippen molar-refractivity contribution in [2.45, 2.75) is 64.2 Å². The molecule has 0 rings (SSSR count). The van der Waals surface area contributed by atoms with Gasteiger partial charge in [0.05, 0.1) is 5.83 Å². The third-order valence-corrected chi connectivity index (χ3v) is 2.59. The van der Waals surface area contributed by atoms with Crippen molar-refractivity contribution in [2.75, 3.05) is 0 Å². The van der Waals surface area contributed by atoms with Crippen molar-refractivity contribution in [2.24, 2.45) is 0 Å². The van der Waals surface area contributed by atoms with E-state index in [0.717, 1.165) is 44.9 Å². The molecule has 0 aromatic rings. The van der Waals surface area contributed by atoms with Crippen LogP contribution in [0.4, 0.5) is 4.39 Å². The lowest BCUT2D eigenvalue weighted by Crippen LogP contribution is -1.93. The average Bonchev–Trinajstić information content (AvgIpc) is 2.20. The molecule has 0 radical (unpaired) electrons. The SMILES string of the molecule is C=C(F)CCCCCCCCCCC(=O)O. The minimum Gasteiger partial charge on any atom is -0.481 e. The van der Waals surface area contributed by atoms with Crippen molar-refractivity contribution in [1.29, 1.82) is 0 Å². The summed E-state index contributed by atoms with van der Waals surface area (Å²) in [6.45, 7) is 3.22. The van der Waals surface area contributed by atoms with Crippen LogP contribution in [0.2, 0.25) is 0 Å². The van der Waals surface area contributed by atoms with Gasteiger partial charge in [-0.3, -0.25) is 4.79 Å². The van der Waals surface area contributed by atoms with Crippen LogP contribution >= 0.6 is 0 Å². The fraction of sp³-hybridized carbons (Fsp3) is 0.769. The van der Waals surface area contributed by atoms with Gasteiger partial charge in [-0.15, -0.1) is 0 Å². The van der Waals surface area contributed by atoms with Crippen LogP contribution in [0.15, 0.2) is 12.4 Å². The molecule has 1 N–H and O–H groups in total. The van der Waals surface area contributed by atoms with Gasteiger partial charge in [-0.2, -0.15) is 0 Å². The smallest absolute Gasteiger partial charge is 0.303 e. The molecule has 0 amide bonds. The zero-order valence-electron chi connectivity index (χ0n) is 10.0. The van der Waals surface area contributed by atoms with Gasteiger partial charge >= 0.3 is 5.97 Å². The summed E-state index contributed by atoms with van der Waals surface area (Å²) < 4.78 is 12.2. The second-order valence-corrected chi connectivity index (χ2v) is 4.24. The first-order chi connectivity index (χ1) is 7.63. The van der Waals surface area contributed by atoms with E-state index in [1.807, 2.05) is 0 Å². The fourth-order valence-corrected chi connectivity index (χ4v) is 1.65. The normalized spacial score (nSPS) is 10.3. The Morgan fingerprint density at radius 2 is 1.25 bits per heavy atom. The largest absolute Gasteiger partial charge is 0.481 e. The maximum absolute atomic E-state index is 12.2. The summed E-state index contributed by atoms with van der Waals surface area (Å²) in [5, 5.41) is 8.42. The van der Waals surface area contributed by atoms with E-state index in [1.165, 1.54) is 6.42 Å². The minimum atomic E-state index is -0.702. The molecule has 3 heteroatoms. The van der Waals surface area contributed by atoms with Crippen molar-refractivity contribution in [1.82, 2.24) is 0 Å². The van der Waals surface area contributed by atoms with E-state index in [0.29, 0.717) is 12.8 Å². The van der Waals surface area contributed by atoms with Crippen molar-refractivity contribution < 1.29 is 14.3 Å². The highest BCUT2D eigenvalue weighted by molar-refractivity contribution is 5.66. The summed E-state index contributed by atoms with van der Waals surface area (Å²) in [6.07, 6.45) is 9.14. The van der Waals surface area contributed by atoms with Crippen LogP contribution in [0, 0.1) is 0 Å². The minimum absolute atomic E-state index is 0.214. The molecule has 94 valence electrons. The summed E-state index contributed by atoms with van der Waals surface area (Å²) >= 11 is 0. The molecule has 0 aromatic heterocycles. The van der Waals surface area contributed by atoms with Crippen LogP contribution in [-0.2, 0) is 4.79 Å². The third kappa shape index (κ3) is 13.1. The summed E-state index contributed by atoms with van der Waals surface area (Å²) in [5.74, 6) is -0.917. The Kier molecular flexibility index (Phi) is 10.1. The second kappa shape index (κ2) is 10.7. The van der Waals surface area contributed by atoms with Crippen molar-refractivity contribution in [3.05, 3.63) is 12.4 Å². The number of hydrogen-bond donors (Lipinski definition) is 1. The van der Waals surface area contributed by atoms with Crippen molar-refractivity contribution in [3.63, 3.8) is 0 Å². The van der Waals surface area contributed by atoms with E-state index in [4.69, 9.17) is 5.11 Å². The second-order valence-electron chi connectivity index (χ2n) is 4.24. The zero-order chi connectivity index (χ0) is 12.2. The van der Waals surface area contributed by atoms with E-state index < -0.39 is 5.97 Å². The average molecular weight is 230 g/mol. The molecule has 2 nitrogen and oxygen atoms in total. The van der Waals surface area contributed by atoms with Crippen molar-refractivity contribution in [3.8, 4) is 0 Å². The molecule has 0 aromatic carbocycles. The molecule has 0 saturated carbocycles. The fourth-order valence-electron chi connectivity index (χ4n) is 1.65. The Morgan fingerprint density at radius 3 is 1.62 bits per heavy atom. The standard InChI is InChI=1S/C13H23FO2/c1-12(14)10-8-6-4-2-3-5-7-9-11-13(15)16/h1-11H2,(H,15,16). The van der Waals surface area contributed by atoms with E-state index in [1.54, 1.807) is 0 Å². The number of carboxylic acid groups (broad SMARTS) is 1. The molecule has 16 heavy (non-hydrogen) atoms. The summed E-state index contributed by atoms with van der Waals surface area (Å²) in [5.41, 5.74) is 0. The molecular formula is C13H23FO2. The predicted octanol–water partition coefficient (Wildman–Crippen LogP) is 4.46. The molecule has 0 atom stereocenters. The zero-order valence-corrected chi connectivity index (χ0v) is 10.0. The van der Waals surface area contributed by atoms with Crippen LogP contribution in [0.25, 0.3) is 0 Å². The van der Waals surface area contributed by atoms with Crippen LogP contribution in [0.1, 0.15) is 64.2 Å². The van der Waals surface area contributed by atoms with Crippen LogP contribution < -0.4 is 0 Å². The maximum Gasteiger partial charge on any atom is 0.303 e. The predicted molar refractivity (Wildman–Crippen MR) is 64.1 cm³/mol. The maximum atomic E-state index is 12.2. The first kappa shape index (κ1) is 15.1. The lowest BCUT2D eigenvalue weighted by atomic mass is 10.1. The Hall–Kier alpha value is -0.860. The summed E-state index contributed by atoms with van der Waals surface area (Å²) in [7, 11) is 0. The van der Waals surface area contributed by atoms with Crippen LogP contribution in [0.5, 0.6) is 0 Å². The highest BCUT2D eigenvalue weighted by atomic mass is 19.1. The van der Waals surface area contributed by atoms with Crippen LogP contribution in [0.3, 0.4) is 0 Å². The van der Waals surface area contributed by atoms with Gasteiger partial charge in [-0.1, -0.05) is 45.1 Å². The quantitative estimate of drug-likeness (QED) is 0.532. The molecule has 0 saturated heterocycles. The highest BCUT2D eigenvalue weighted by Gasteiger charge is 1.97. The number of halogens is 1. The molecule has 0 heterocycles. The van der Waals surface area contributed by atoms with E-state index in [2.05, 4.69) is 6.58 Å². The molecule has 0 unspecified atom stereocenters. The molecule has 0 aliphatic carbocycles. The van der Waals surface area contributed by atoms with E-state index >= 15 is 0 Å². The van der Waals surface area contributed by atoms with Gasteiger partial charge in [0.25, 0.3) is 0 Å². The van der Waals surface area contributed by atoms with E-state index in [-0.39, 0.29) is 5.83 Å². The Bertz CT molecular complexity index is 180. The van der Waals surface area contributed by atoms with Gasteiger partial charge in [-0.05, 0) is 19.3 Å².